The number of carbonyl (C=O) groups excluding carboxylic acids is 2. The van der Waals surface area contributed by atoms with Crippen molar-refractivity contribution in [1.29, 1.82) is 0 Å². The van der Waals surface area contributed by atoms with Gasteiger partial charge in [0.05, 0.1) is 0 Å². The van der Waals surface area contributed by atoms with Crippen molar-refractivity contribution in [2.45, 2.75) is 75.8 Å². The van der Waals surface area contributed by atoms with E-state index < -0.39 is 22.9 Å². The Hall–Kier alpha value is -3.54. The topological polar surface area (TPSA) is 64.7 Å². The zero-order valence-electron chi connectivity index (χ0n) is 22.6. The highest BCUT2D eigenvalue weighted by atomic mass is 16.2. The molecule has 2 N–H and O–H groups in total. The number of allylic oxidation sites excluding steroid dienone is 2. The molecule has 5 aliphatic heterocycles. The van der Waals surface area contributed by atoms with Crippen LogP contribution < -0.4 is 10.6 Å². The number of piperazine rings is 1. The lowest BCUT2D eigenvalue weighted by Gasteiger charge is -2.45. The Bertz CT molecular complexity index is 1320. The zero-order valence-corrected chi connectivity index (χ0v) is 22.6. The third-order valence-electron chi connectivity index (χ3n) is 11.0. The highest BCUT2D eigenvalue weighted by molar-refractivity contribution is 6.00. The van der Waals surface area contributed by atoms with E-state index in [2.05, 4.69) is 75.8 Å². The molecule has 5 heterocycles. The molecule has 5 aliphatic rings. The summed E-state index contributed by atoms with van der Waals surface area (Å²) in [7, 11) is 0. The summed E-state index contributed by atoms with van der Waals surface area (Å²) < 4.78 is 0. The third-order valence-corrected chi connectivity index (χ3v) is 11.0. The van der Waals surface area contributed by atoms with Crippen molar-refractivity contribution >= 4 is 23.2 Å². The summed E-state index contributed by atoms with van der Waals surface area (Å²) in [5, 5.41) is 7.36. The zero-order chi connectivity index (χ0) is 26.8. The number of nitrogens with one attached hydrogen (secondary N) is 2. The predicted molar refractivity (Wildman–Crippen MR) is 150 cm³/mol. The van der Waals surface area contributed by atoms with Gasteiger partial charge in [-0.25, -0.2) is 0 Å². The molecule has 3 saturated heterocycles. The van der Waals surface area contributed by atoms with Gasteiger partial charge in [-0.3, -0.25) is 9.59 Å². The van der Waals surface area contributed by atoms with Crippen LogP contribution in [-0.4, -0.2) is 46.0 Å². The summed E-state index contributed by atoms with van der Waals surface area (Å²) in [6.07, 6.45) is 4.50. The van der Waals surface area contributed by atoms with E-state index in [1.807, 2.05) is 46.2 Å². The van der Waals surface area contributed by atoms with Gasteiger partial charge in [0.25, 0.3) is 0 Å². The molecule has 0 saturated carbocycles. The fraction of sp³-hybridized carbons (Fsp3) is 0.438. The predicted octanol–water partition coefficient (Wildman–Crippen LogP) is 5.01. The average Bonchev–Trinajstić information content (AvgIpc) is 3.62. The van der Waals surface area contributed by atoms with E-state index in [1.165, 1.54) is 11.1 Å². The highest BCUT2D eigenvalue weighted by Crippen LogP contribution is 2.64. The van der Waals surface area contributed by atoms with Crippen molar-refractivity contribution in [3.05, 3.63) is 85.0 Å². The van der Waals surface area contributed by atoms with Gasteiger partial charge in [-0.15, -0.1) is 13.2 Å². The minimum atomic E-state index is -0.531. The molecule has 7 rings (SSSR count). The fourth-order valence-electron chi connectivity index (χ4n) is 8.66. The van der Waals surface area contributed by atoms with Crippen LogP contribution in [0.2, 0.25) is 0 Å². The molecule has 6 heteroatoms. The molecular weight excluding hydrogens is 472 g/mol. The van der Waals surface area contributed by atoms with Gasteiger partial charge < -0.3 is 20.4 Å². The number of benzene rings is 2. The van der Waals surface area contributed by atoms with E-state index in [-0.39, 0.29) is 35.0 Å². The van der Waals surface area contributed by atoms with Crippen LogP contribution in [0.5, 0.6) is 0 Å². The van der Waals surface area contributed by atoms with E-state index >= 15 is 0 Å². The first-order valence-corrected chi connectivity index (χ1v) is 13.7. The number of nitrogens with zero attached hydrogens (tertiary/aromatic N) is 2. The van der Waals surface area contributed by atoms with Gasteiger partial charge in [0.15, 0.2) is 0 Å². The lowest BCUT2D eigenvalue weighted by atomic mass is 9.60. The Morgan fingerprint density at radius 1 is 0.737 bits per heavy atom. The molecule has 2 aromatic carbocycles. The SMILES string of the molecule is C=CC(C)(C)[C@@]12C[C@@H]3C(=O)N4[C@@H](C[C@@]5(C(C)(C)C=C)c6ccccc6N[C@@H]45)C(=O)N3[C@H]1Nc1ccccc12. The van der Waals surface area contributed by atoms with Gasteiger partial charge in [0.1, 0.15) is 24.4 Å². The maximum atomic E-state index is 14.6. The van der Waals surface area contributed by atoms with E-state index in [1.54, 1.807) is 0 Å². The molecule has 0 aromatic heterocycles. The number of rotatable bonds is 4. The van der Waals surface area contributed by atoms with Gasteiger partial charge in [0, 0.05) is 22.2 Å². The molecule has 6 atom stereocenters. The first-order chi connectivity index (χ1) is 18.1. The summed E-state index contributed by atoms with van der Waals surface area (Å²) in [5.74, 6) is 0.0733. The van der Waals surface area contributed by atoms with Crippen LogP contribution in [0.25, 0.3) is 0 Å². The number of carbonyl (C=O) groups is 2. The van der Waals surface area contributed by atoms with Crippen LogP contribution in [0, 0.1) is 10.8 Å². The van der Waals surface area contributed by atoms with Crippen molar-refractivity contribution in [3.8, 4) is 0 Å². The van der Waals surface area contributed by atoms with Gasteiger partial charge in [-0.2, -0.15) is 0 Å². The second-order valence-corrected chi connectivity index (χ2v) is 12.9. The Kier molecular flexibility index (Phi) is 4.40. The molecule has 0 aliphatic carbocycles. The van der Waals surface area contributed by atoms with Crippen LogP contribution in [0.1, 0.15) is 51.7 Å². The lowest BCUT2D eigenvalue weighted by molar-refractivity contribution is -0.160. The first kappa shape index (κ1) is 23.6. The molecule has 2 aromatic rings. The number of fused-ring (bicyclic) bond motifs is 10. The number of hydrogen-bond acceptors (Lipinski definition) is 4. The van der Waals surface area contributed by atoms with Crippen LogP contribution in [0.4, 0.5) is 11.4 Å². The van der Waals surface area contributed by atoms with Crippen LogP contribution in [0.15, 0.2) is 73.8 Å². The monoisotopic (exact) mass is 508 g/mol. The maximum absolute atomic E-state index is 14.6. The molecular formula is C32H36N4O2. The van der Waals surface area contributed by atoms with Crippen LogP contribution in [-0.2, 0) is 20.4 Å². The number of para-hydroxylation sites is 2. The first-order valence-electron chi connectivity index (χ1n) is 13.7. The number of amides is 2. The summed E-state index contributed by atoms with van der Waals surface area (Å²) in [4.78, 5) is 33.0. The molecule has 3 fully saturated rings. The summed E-state index contributed by atoms with van der Waals surface area (Å²) in [5.41, 5.74) is 2.80. The Morgan fingerprint density at radius 3 is 1.47 bits per heavy atom. The summed E-state index contributed by atoms with van der Waals surface area (Å²) >= 11 is 0. The smallest absolute Gasteiger partial charge is 0.247 e. The van der Waals surface area contributed by atoms with E-state index in [4.69, 9.17) is 0 Å². The largest absolute Gasteiger partial charge is 0.364 e. The minimum Gasteiger partial charge on any atom is -0.364 e. The highest BCUT2D eigenvalue weighted by Gasteiger charge is 2.73. The fourth-order valence-corrected chi connectivity index (χ4v) is 8.66. The van der Waals surface area contributed by atoms with Gasteiger partial charge >= 0.3 is 0 Å². The van der Waals surface area contributed by atoms with Crippen molar-refractivity contribution < 1.29 is 9.59 Å². The Balaban J connectivity index is 1.38. The van der Waals surface area contributed by atoms with Gasteiger partial charge in [-0.1, -0.05) is 76.2 Å². The molecule has 0 spiro atoms. The van der Waals surface area contributed by atoms with Crippen molar-refractivity contribution in [2.24, 2.45) is 10.8 Å². The molecule has 0 unspecified atom stereocenters. The summed E-state index contributed by atoms with van der Waals surface area (Å²) in [6.45, 7) is 17.1. The average molecular weight is 509 g/mol. The second kappa shape index (κ2) is 7.10. The quantitative estimate of drug-likeness (QED) is 0.570. The van der Waals surface area contributed by atoms with Crippen molar-refractivity contribution in [2.75, 3.05) is 10.6 Å². The Labute approximate surface area is 224 Å². The van der Waals surface area contributed by atoms with Gasteiger partial charge in [-0.05, 0) is 46.9 Å². The number of anilines is 2. The lowest BCUT2D eigenvalue weighted by Crippen LogP contribution is -2.66. The van der Waals surface area contributed by atoms with E-state index in [0.29, 0.717) is 12.8 Å². The van der Waals surface area contributed by atoms with Gasteiger partial charge in [0.2, 0.25) is 11.8 Å². The molecule has 38 heavy (non-hydrogen) atoms. The van der Waals surface area contributed by atoms with E-state index in [0.717, 1.165) is 11.4 Å². The molecule has 0 bridgehead atoms. The standard InChI is InChI=1S/C32H36N4O2/c1-7-29(3,4)31-17-23-25(37)36-24(26(38)35(23)27(31)33-21-15-11-9-13-19(21)31)18-32(30(5,6)8-2)20-14-10-12-16-22(20)34-28(32)36/h7-16,23-24,27-28,33-34H,1-2,17-18H2,3-6H3/t23-,24+,27-,28+,31-,32-/m1/s1. The number of hydrogen-bond donors (Lipinski definition) is 2. The van der Waals surface area contributed by atoms with Crippen molar-refractivity contribution in [3.63, 3.8) is 0 Å². The molecule has 6 nitrogen and oxygen atoms in total. The van der Waals surface area contributed by atoms with E-state index in [9.17, 15) is 9.59 Å². The normalized spacial score (nSPS) is 34.4. The minimum absolute atomic E-state index is 0.0366. The summed E-state index contributed by atoms with van der Waals surface area (Å²) in [6, 6.07) is 15.5. The third kappa shape index (κ3) is 2.37. The Morgan fingerprint density at radius 2 is 1.11 bits per heavy atom. The van der Waals surface area contributed by atoms with Crippen LogP contribution in [0.3, 0.4) is 0 Å². The molecule has 196 valence electrons. The second-order valence-electron chi connectivity index (χ2n) is 12.9. The molecule has 0 radical (unpaired) electrons. The maximum Gasteiger partial charge on any atom is 0.247 e. The molecule has 2 amide bonds. The van der Waals surface area contributed by atoms with Crippen molar-refractivity contribution in [1.82, 2.24) is 9.80 Å². The van der Waals surface area contributed by atoms with Crippen LogP contribution >= 0.6 is 0 Å².